The van der Waals surface area contributed by atoms with E-state index in [1.807, 2.05) is 6.92 Å². The largest absolute Gasteiger partial charge is 0.507 e. The molecule has 0 aliphatic heterocycles. The highest BCUT2D eigenvalue weighted by Gasteiger charge is 2.13. The summed E-state index contributed by atoms with van der Waals surface area (Å²) in [5.74, 6) is 1.88. The van der Waals surface area contributed by atoms with Crippen molar-refractivity contribution in [3.8, 4) is 18.1 Å². The maximum absolute atomic E-state index is 11.7. The number of hydrogen-bond acceptors (Lipinski definition) is 2. The van der Waals surface area contributed by atoms with Gasteiger partial charge in [0.2, 0.25) is 0 Å². The molecule has 0 spiro atoms. The van der Waals surface area contributed by atoms with Gasteiger partial charge in [-0.1, -0.05) is 24.4 Å². The Morgan fingerprint density at radius 3 is 2.88 bits per heavy atom. The molecule has 0 aliphatic carbocycles. The van der Waals surface area contributed by atoms with Crippen LogP contribution in [0.5, 0.6) is 5.75 Å². The molecule has 0 fully saturated rings. The average molecular weight is 238 g/mol. The monoisotopic (exact) mass is 237 g/mol. The normalized spacial score (nSPS) is 11.6. The fourth-order valence-corrected chi connectivity index (χ4v) is 1.36. The van der Waals surface area contributed by atoms with E-state index in [9.17, 15) is 9.90 Å². The lowest BCUT2D eigenvalue weighted by Crippen LogP contribution is -2.33. The van der Waals surface area contributed by atoms with E-state index in [1.165, 1.54) is 18.2 Å². The molecule has 84 valence electrons. The molecule has 4 heteroatoms. The zero-order chi connectivity index (χ0) is 12.1. The first kappa shape index (κ1) is 12.4. The van der Waals surface area contributed by atoms with E-state index < -0.39 is 5.91 Å². The SMILES string of the molecule is C#CC(CC)NC(=O)c1ccc(Cl)cc1O. The van der Waals surface area contributed by atoms with Gasteiger partial charge in [0.25, 0.3) is 5.91 Å². The number of terminal acetylenes is 1. The van der Waals surface area contributed by atoms with Crippen molar-refractivity contribution in [1.82, 2.24) is 5.32 Å². The Kier molecular flexibility index (Phi) is 4.21. The molecule has 1 amide bonds. The maximum Gasteiger partial charge on any atom is 0.256 e. The molecule has 0 bridgehead atoms. The Labute approximate surface area is 99.4 Å². The van der Waals surface area contributed by atoms with Gasteiger partial charge in [-0.25, -0.2) is 0 Å². The fourth-order valence-electron chi connectivity index (χ4n) is 1.19. The molecule has 16 heavy (non-hydrogen) atoms. The number of phenols is 1. The Hall–Kier alpha value is -1.66. The quantitative estimate of drug-likeness (QED) is 0.792. The van der Waals surface area contributed by atoms with Crippen molar-refractivity contribution in [1.29, 1.82) is 0 Å². The minimum Gasteiger partial charge on any atom is -0.507 e. The summed E-state index contributed by atoms with van der Waals surface area (Å²) in [5, 5.41) is 12.5. The topological polar surface area (TPSA) is 49.3 Å². The average Bonchev–Trinajstić information content (AvgIpc) is 2.25. The molecule has 0 radical (unpaired) electrons. The zero-order valence-corrected chi connectivity index (χ0v) is 9.58. The van der Waals surface area contributed by atoms with Crippen molar-refractivity contribution in [3.05, 3.63) is 28.8 Å². The van der Waals surface area contributed by atoms with Crippen LogP contribution in [0.4, 0.5) is 0 Å². The number of rotatable bonds is 3. The second kappa shape index (κ2) is 5.43. The number of hydrogen-bond donors (Lipinski definition) is 2. The van der Waals surface area contributed by atoms with Gasteiger partial charge < -0.3 is 10.4 Å². The number of benzene rings is 1. The van der Waals surface area contributed by atoms with Crippen LogP contribution in [0.3, 0.4) is 0 Å². The van der Waals surface area contributed by atoms with Crippen LogP contribution in [0.2, 0.25) is 5.02 Å². The van der Waals surface area contributed by atoms with Gasteiger partial charge in [0.05, 0.1) is 11.6 Å². The number of carbonyl (C=O) groups excluding carboxylic acids is 1. The molecule has 0 heterocycles. The van der Waals surface area contributed by atoms with Crippen molar-refractivity contribution < 1.29 is 9.90 Å². The molecule has 0 aliphatic rings. The lowest BCUT2D eigenvalue weighted by molar-refractivity contribution is 0.0942. The maximum atomic E-state index is 11.7. The van der Waals surface area contributed by atoms with Gasteiger partial charge in [0, 0.05) is 5.02 Å². The molecule has 1 rings (SSSR count). The smallest absolute Gasteiger partial charge is 0.256 e. The van der Waals surface area contributed by atoms with Crippen LogP contribution in [-0.4, -0.2) is 17.1 Å². The predicted molar refractivity (Wildman–Crippen MR) is 63.5 cm³/mol. The van der Waals surface area contributed by atoms with Gasteiger partial charge in [-0.05, 0) is 24.6 Å². The second-order valence-corrected chi connectivity index (χ2v) is 3.70. The molecule has 1 aromatic carbocycles. The van der Waals surface area contributed by atoms with E-state index in [1.54, 1.807) is 0 Å². The predicted octanol–water partition coefficient (Wildman–Crippen LogP) is 2.19. The summed E-state index contributed by atoms with van der Waals surface area (Å²) in [5.41, 5.74) is 0.165. The Morgan fingerprint density at radius 2 is 2.38 bits per heavy atom. The van der Waals surface area contributed by atoms with Crippen LogP contribution in [0, 0.1) is 12.3 Å². The van der Waals surface area contributed by atoms with Crippen molar-refractivity contribution >= 4 is 17.5 Å². The number of phenolic OH excluding ortho intramolecular Hbond substituents is 1. The number of amides is 1. The molecular weight excluding hydrogens is 226 g/mol. The van der Waals surface area contributed by atoms with Gasteiger partial charge in [-0.15, -0.1) is 6.42 Å². The first-order valence-electron chi connectivity index (χ1n) is 4.84. The van der Waals surface area contributed by atoms with Gasteiger partial charge in [0.1, 0.15) is 5.75 Å². The third kappa shape index (κ3) is 2.91. The molecular formula is C12H12ClNO2. The van der Waals surface area contributed by atoms with E-state index in [2.05, 4.69) is 11.2 Å². The van der Waals surface area contributed by atoms with Crippen LogP contribution >= 0.6 is 11.6 Å². The van der Waals surface area contributed by atoms with Crippen molar-refractivity contribution in [3.63, 3.8) is 0 Å². The van der Waals surface area contributed by atoms with Crippen LogP contribution in [0.25, 0.3) is 0 Å². The zero-order valence-electron chi connectivity index (χ0n) is 8.83. The van der Waals surface area contributed by atoms with Gasteiger partial charge in [-0.3, -0.25) is 4.79 Å². The summed E-state index contributed by atoms with van der Waals surface area (Å²) in [6, 6.07) is 3.97. The molecule has 1 aromatic rings. The third-order valence-electron chi connectivity index (χ3n) is 2.12. The van der Waals surface area contributed by atoms with Crippen molar-refractivity contribution in [2.24, 2.45) is 0 Å². The molecule has 2 N–H and O–H groups in total. The number of aromatic hydroxyl groups is 1. The summed E-state index contributed by atoms with van der Waals surface area (Å²) >= 11 is 5.66. The molecule has 0 saturated heterocycles. The van der Waals surface area contributed by atoms with Gasteiger partial charge in [0.15, 0.2) is 0 Å². The Bertz CT molecular complexity index is 437. The summed E-state index contributed by atoms with van der Waals surface area (Å²) in [4.78, 5) is 11.7. The molecule has 0 saturated carbocycles. The van der Waals surface area contributed by atoms with Crippen molar-refractivity contribution in [2.45, 2.75) is 19.4 Å². The third-order valence-corrected chi connectivity index (χ3v) is 2.35. The minimum atomic E-state index is -0.404. The van der Waals surface area contributed by atoms with Gasteiger partial charge >= 0.3 is 0 Å². The summed E-state index contributed by atoms with van der Waals surface area (Å²) in [7, 11) is 0. The molecule has 1 unspecified atom stereocenters. The van der Waals surface area contributed by atoms with E-state index in [0.717, 1.165) is 0 Å². The lowest BCUT2D eigenvalue weighted by Gasteiger charge is -2.11. The highest BCUT2D eigenvalue weighted by Crippen LogP contribution is 2.21. The van der Waals surface area contributed by atoms with E-state index in [0.29, 0.717) is 11.4 Å². The highest BCUT2D eigenvalue weighted by atomic mass is 35.5. The van der Waals surface area contributed by atoms with Crippen LogP contribution in [0.1, 0.15) is 23.7 Å². The number of halogens is 1. The number of carbonyl (C=O) groups is 1. The standard InChI is InChI=1S/C12H12ClNO2/c1-3-9(4-2)14-12(16)10-6-5-8(13)7-11(10)15/h1,5-7,9,15H,4H2,2H3,(H,14,16). The first-order chi connectivity index (χ1) is 7.58. The van der Waals surface area contributed by atoms with Crippen LogP contribution < -0.4 is 5.32 Å². The Morgan fingerprint density at radius 1 is 1.69 bits per heavy atom. The fraction of sp³-hybridized carbons (Fsp3) is 0.250. The van der Waals surface area contributed by atoms with Crippen LogP contribution in [0.15, 0.2) is 18.2 Å². The summed E-state index contributed by atoms with van der Waals surface area (Å²) in [6.07, 6.45) is 5.86. The summed E-state index contributed by atoms with van der Waals surface area (Å²) < 4.78 is 0. The second-order valence-electron chi connectivity index (χ2n) is 3.26. The van der Waals surface area contributed by atoms with E-state index in [4.69, 9.17) is 18.0 Å². The minimum absolute atomic E-state index is 0.156. The Balaban J connectivity index is 2.85. The van der Waals surface area contributed by atoms with Crippen LogP contribution in [-0.2, 0) is 0 Å². The summed E-state index contributed by atoms with van der Waals surface area (Å²) in [6.45, 7) is 1.87. The molecule has 1 atom stereocenters. The van der Waals surface area contributed by atoms with Crippen molar-refractivity contribution in [2.75, 3.05) is 0 Å². The van der Waals surface area contributed by atoms with Gasteiger partial charge in [-0.2, -0.15) is 0 Å². The number of nitrogens with one attached hydrogen (secondary N) is 1. The van der Waals surface area contributed by atoms with E-state index >= 15 is 0 Å². The first-order valence-corrected chi connectivity index (χ1v) is 5.21. The van der Waals surface area contributed by atoms with E-state index in [-0.39, 0.29) is 17.4 Å². The molecule has 0 aromatic heterocycles. The molecule has 3 nitrogen and oxygen atoms in total. The highest BCUT2D eigenvalue weighted by molar-refractivity contribution is 6.30. The lowest BCUT2D eigenvalue weighted by atomic mass is 10.1.